The molecule has 2 nitrogen and oxygen atoms in total. The predicted molar refractivity (Wildman–Crippen MR) is 99.9 cm³/mol. The SMILES string of the molecule is C=Cc1ccc2c(c1)[S+]([O-])c1ccccc1N2Cc1ccccc1. The molecule has 3 aromatic carbocycles. The van der Waals surface area contributed by atoms with Crippen LogP contribution in [0.2, 0.25) is 0 Å². The average Bonchev–Trinajstić information content (AvgIpc) is 2.65. The number of hydrogen-bond donors (Lipinski definition) is 0. The van der Waals surface area contributed by atoms with E-state index in [1.54, 1.807) is 6.08 Å². The normalized spacial score (nSPS) is 15.5. The second-order valence-corrected chi connectivity index (χ2v) is 7.16. The zero-order valence-corrected chi connectivity index (χ0v) is 14.0. The highest BCUT2D eigenvalue weighted by Crippen LogP contribution is 2.45. The standard InChI is InChI=1S/C21H17NOS/c1-2-16-12-13-19-21(14-16)24(23)20-11-7-6-10-18(20)22(19)15-17-8-4-3-5-9-17/h2-14H,1,15H2. The van der Waals surface area contributed by atoms with Gasteiger partial charge in [0.1, 0.15) is 0 Å². The van der Waals surface area contributed by atoms with Crippen molar-refractivity contribution in [1.29, 1.82) is 0 Å². The van der Waals surface area contributed by atoms with Crippen molar-refractivity contribution < 1.29 is 4.55 Å². The summed E-state index contributed by atoms with van der Waals surface area (Å²) in [5, 5.41) is 0. The van der Waals surface area contributed by atoms with Gasteiger partial charge in [-0.15, -0.1) is 0 Å². The van der Waals surface area contributed by atoms with E-state index in [0.717, 1.165) is 33.3 Å². The van der Waals surface area contributed by atoms with Crippen molar-refractivity contribution in [1.82, 2.24) is 0 Å². The van der Waals surface area contributed by atoms with Gasteiger partial charge in [0.2, 0.25) is 0 Å². The van der Waals surface area contributed by atoms with Gasteiger partial charge >= 0.3 is 0 Å². The lowest BCUT2D eigenvalue weighted by atomic mass is 10.1. The molecule has 1 aliphatic rings. The van der Waals surface area contributed by atoms with Crippen molar-refractivity contribution >= 4 is 28.6 Å². The van der Waals surface area contributed by atoms with Crippen LogP contribution in [0.4, 0.5) is 11.4 Å². The Bertz CT molecular complexity index is 891. The van der Waals surface area contributed by atoms with Crippen LogP contribution >= 0.6 is 0 Å². The highest BCUT2D eigenvalue weighted by Gasteiger charge is 2.33. The summed E-state index contributed by atoms with van der Waals surface area (Å²) in [6, 6.07) is 24.3. The van der Waals surface area contributed by atoms with Gasteiger partial charge in [0, 0.05) is 23.8 Å². The molecule has 3 aromatic rings. The number of anilines is 2. The van der Waals surface area contributed by atoms with Crippen LogP contribution in [-0.4, -0.2) is 4.55 Å². The van der Waals surface area contributed by atoms with Crippen molar-refractivity contribution in [2.45, 2.75) is 16.3 Å². The summed E-state index contributed by atoms with van der Waals surface area (Å²) in [5.41, 5.74) is 4.22. The maximum absolute atomic E-state index is 13.0. The summed E-state index contributed by atoms with van der Waals surface area (Å²) < 4.78 is 13.0. The Labute approximate surface area is 145 Å². The first kappa shape index (κ1) is 15.1. The van der Waals surface area contributed by atoms with Gasteiger partial charge in [-0.25, -0.2) is 0 Å². The molecule has 0 amide bonds. The third kappa shape index (κ3) is 2.52. The number of nitrogens with zero attached hydrogens (tertiary/aromatic N) is 1. The fraction of sp³-hybridized carbons (Fsp3) is 0.0476. The Balaban J connectivity index is 1.87. The van der Waals surface area contributed by atoms with Gasteiger partial charge in [0.05, 0.1) is 11.4 Å². The zero-order chi connectivity index (χ0) is 16.5. The van der Waals surface area contributed by atoms with Gasteiger partial charge < -0.3 is 9.45 Å². The van der Waals surface area contributed by atoms with E-state index in [4.69, 9.17) is 0 Å². The lowest BCUT2D eigenvalue weighted by Gasteiger charge is -2.33. The van der Waals surface area contributed by atoms with Crippen molar-refractivity contribution in [3.05, 3.63) is 90.5 Å². The number of hydrogen-bond acceptors (Lipinski definition) is 2. The first-order valence-corrected chi connectivity index (χ1v) is 9.01. The molecule has 118 valence electrons. The predicted octanol–water partition coefficient (Wildman–Crippen LogP) is 5.15. The van der Waals surface area contributed by atoms with Crippen LogP contribution in [0.5, 0.6) is 0 Å². The van der Waals surface area contributed by atoms with Gasteiger partial charge in [-0.05, 0) is 29.3 Å². The van der Waals surface area contributed by atoms with Crippen molar-refractivity contribution in [2.24, 2.45) is 0 Å². The van der Waals surface area contributed by atoms with Crippen LogP contribution in [0, 0.1) is 0 Å². The Hall–Kier alpha value is -2.49. The van der Waals surface area contributed by atoms with Crippen LogP contribution in [0.3, 0.4) is 0 Å². The molecule has 0 saturated heterocycles. The van der Waals surface area contributed by atoms with Crippen LogP contribution < -0.4 is 4.90 Å². The van der Waals surface area contributed by atoms with Gasteiger partial charge in [0.25, 0.3) is 0 Å². The Kier molecular flexibility index (Phi) is 3.89. The summed E-state index contributed by atoms with van der Waals surface area (Å²) in [4.78, 5) is 3.96. The molecule has 0 N–H and O–H groups in total. The Morgan fingerprint density at radius 2 is 1.58 bits per heavy atom. The smallest absolute Gasteiger partial charge is 0.182 e. The molecular formula is C21H17NOS. The molecule has 0 radical (unpaired) electrons. The number of para-hydroxylation sites is 1. The molecule has 1 atom stereocenters. The minimum atomic E-state index is -1.17. The third-order valence-electron chi connectivity index (χ3n) is 4.25. The van der Waals surface area contributed by atoms with E-state index >= 15 is 0 Å². The average molecular weight is 331 g/mol. The summed E-state index contributed by atoms with van der Waals surface area (Å²) in [7, 11) is 0. The maximum atomic E-state index is 13.0. The number of rotatable bonds is 3. The summed E-state index contributed by atoms with van der Waals surface area (Å²) in [6.07, 6.45) is 1.79. The first-order chi connectivity index (χ1) is 11.8. The van der Waals surface area contributed by atoms with E-state index in [0.29, 0.717) is 0 Å². The molecule has 0 aliphatic carbocycles. The molecule has 0 aromatic heterocycles. The molecular weight excluding hydrogens is 314 g/mol. The van der Waals surface area contributed by atoms with Crippen LogP contribution in [0.1, 0.15) is 11.1 Å². The minimum absolute atomic E-state index is 0.746. The molecule has 4 rings (SSSR count). The molecule has 24 heavy (non-hydrogen) atoms. The second kappa shape index (κ2) is 6.19. The highest BCUT2D eigenvalue weighted by molar-refractivity contribution is 7.92. The molecule has 0 spiro atoms. The van der Waals surface area contributed by atoms with Crippen molar-refractivity contribution in [2.75, 3.05) is 4.90 Å². The largest absolute Gasteiger partial charge is 0.606 e. The topological polar surface area (TPSA) is 26.3 Å². The number of fused-ring (bicyclic) bond motifs is 2. The first-order valence-electron chi connectivity index (χ1n) is 7.86. The quantitative estimate of drug-likeness (QED) is 0.621. The van der Waals surface area contributed by atoms with Crippen LogP contribution in [0.15, 0.2) is 89.2 Å². The van der Waals surface area contributed by atoms with Gasteiger partial charge in [-0.2, -0.15) is 0 Å². The molecule has 1 heterocycles. The van der Waals surface area contributed by atoms with E-state index in [1.807, 2.05) is 60.7 Å². The van der Waals surface area contributed by atoms with Crippen molar-refractivity contribution in [3.63, 3.8) is 0 Å². The molecule has 0 bridgehead atoms. The van der Waals surface area contributed by atoms with E-state index in [1.165, 1.54) is 5.56 Å². The molecule has 1 unspecified atom stereocenters. The Morgan fingerprint density at radius 3 is 2.38 bits per heavy atom. The summed E-state index contributed by atoms with van der Waals surface area (Å²) in [5.74, 6) is 0. The van der Waals surface area contributed by atoms with Crippen molar-refractivity contribution in [3.8, 4) is 0 Å². The molecule has 3 heteroatoms. The summed E-state index contributed by atoms with van der Waals surface area (Å²) in [6.45, 7) is 4.57. The van der Waals surface area contributed by atoms with Crippen LogP contribution in [-0.2, 0) is 17.7 Å². The van der Waals surface area contributed by atoms with E-state index in [9.17, 15) is 4.55 Å². The fourth-order valence-electron chi connectivity index (χ4n) is 3.05. The third-order valence-corrected chi connectivity index (χ3v) is 5.72. The van der Waals surface area contributed by atoms with Gasteiger partial charge in [0.15, 0.2) is 9.79 Å². The summed E-state index contributed by atoms with van der Waals surface area (Å²) >= 11 is -1.17. The number of benzene rings is 3. The van der Waals surface area contributed by atoms with E-state index in [2.05, 4.69) is 23.6 Å². The molecule has 0 saturated carbocycles. The van der Waals surface area contributed by atoms with Crippen LogP contribution in [0.25, 0.3) is 6.08 Å². The monoisotopic (exact) mass is 331 g/mol. The lowest BCUT2D eigenvalue weighted by molar-refractivity contribution is 0.593. The minimum Gasteiger partial charge on any atom is -0.606 e. The fourth-order valence-corrected chi connectivity index (χ4v) is 4.47. The second-order valence-electron chi connectivity index (χ2n) is 5.74. The highest BCUT2D eigenvalue weighted by atomic mass is 32.2. The lowest BCUT2D eigenvalue weighted by Crippen LogP contribution is -2.25. The zero-order valence-electron chi connectivity index (χ0n) is 13.2. The van der Waals surface area contributed by atoms with Gasteiger partial charge in [-0.1, -0.05) is 61.2 Å². The molecule has 1 aliphatic heterocycles. The molecule has 0 fully saturated rings. The Morgan fingerprint density at radius 1 is 0.875 bits per heavy atom. The van der Waals surface area contributed by atoms with E-state index < -0.39 is 11.2 Å². The van der Waals surface area contributed by atoms with Gasteiger partial charge in [-0.3, -0.25) is 0 Å². The maximum Gasteiger partial charge on any atom is 0.182 e. The van der Waals surface area contributed by atoms with E-state index in [-0.39, 0.29) is 0 Å².